The normalized spacial score (nSPS) is 10.3. The number of ether oxygens (including phenoxy) is 1. The second-order valence-corrected chi connectivity index (χ2v) is 6.97. The van der Waals surface area contributed by atoms with Gasteiger partial charge in [0.2, 0.25) is 0 Å². The van der Waals surface area contributed by atoms with E-state index in [1.54, 1.807) is 18.2 Å². The van der Waals surface area contributed by atoms with E-state index in [-0.39, 0.29) is 11.0 Å². The van der Waals surface area contributed by atoms with Crippen LogP contribution in [0.3, 0.4) is 0 Å². The van der Waals surface area contributed by atoms with Crippen molar-refractivity contribution in [2.24, 2.45) is 0 Å². The van der Waals surface area contributed by atoms with Crippen molar-refractivity contribution in [2.45, 2.75) is 6.61 Å². The van der Waals surface area contributed by atoms with E-state index < -0.39 is 16.1 Å². The van der Waals surface area contributed by atoms with Crippen molar-refractivity contribution < 1.29 is 33.1 Å². The molecule has 4 N–H and O–H groups in total. The molecule has 0 saturated carbocycles. The Hall–Kier alpha value is -2.94. The first-order chi connectivity index (χ1) is 12.2. The molecule has 0 aromatic heterocycles. The first-order valence-corrected chi connectivity index (χ1v) is 9.44. The largest absolute Gasteiger partial charge is 0.488 e. The molecular weight excluding hydrogens is 372 g/mol. The van der Waals surface area contributed by atoms with Crippen LogP contribution in [0.15, 0.2) is 66.7 Å². The molecule has 0 aliphatic heterocycles. The maximum absolute atomic E-state index is 11.1. The third kappa shape index (κ3) is 7.45. The molecule has 0 radical (unpaired) electrons. The lowest BCUT2D eigenvalue weighted by Crippen LogP contribution is -2.03. The minimum atomic E-state index is -3.67. The Morgan fingerprint density at radius 2 is 1.52 bits per heavy atom. The zero-order valence-electron chi connectivity index (χ0n) is 14.5. The predicted octanol–water partition coefficient (Wildman–Crippen LogP) is 2.80. The molecule has 0 bridgehead atoms. The lowest BCUT2D eigenvalue weighted by molar-refractivity contribution is 0.0691. The molecule has 0 aliphatic rings. The number of carbonyl (C=O) groups is 1. The van der Waals surface area contributed by atoms with Crippen molar-refractivity contribution in [3.63, 3.8) is 0 Å². The van der Waals surface area contributed by atoms with Crippen LogP contribution in [0.2, 0.25) is 0 Å². The second-order valence-electron chi connectivity index (χ2n) is 5.50. The summed E-state index contributed by atoms with van der Waals surface area (Å²) in [7, 11) is -3.67. The standard InChI is InChI=1S/C18H14O3.CH4O3S.H2O/c19-18(20)16-7-3-4-8-17(16)21-12-13-9-10-14-5-1-2-6-15(14)11-13;1-5(2,3)4;/h1-11H,12H2,(H,19,20);1H3,(H,2,3,4);1H2. The van der Waals surface area contributed by atoms with E-state index in [9.17, 15) is 13.2 Å². The summed E-state index contributed by atoms with van der Waals surface area (Å²) < 4.78 is 31.5. The van der Waals surface area contributed by atoms with Gasteiger partial charge in [-0.3, -0.25) is 4.55 Å². The third-order valence-corrected chi connectivity index (χ3v) is 3.33. The van der Waals surface area contributed by atoms with Crippen LogP contribution in [0.25, 0.3) is 10.8 Å². The Morgan fingerprint density at radius 1 is 0.963 bits per heavy atom. The fourth-order valence-electron chi connectivity index (χ4n) is 2.26. The number of fused-ring (bicyclic) bond motifs is 1. The van der Waals surface area contributed by atoms with Gasteiger partial charge >= 0.3 is 5.97 Å². The van der Waals surface area contributed by atoms with Crippen molar-refractivity contribution >= 4 is 26.9 Å². The van der Waals surface area contributed by atoms with Crippen LogP contribution < -0.4 is 4.74 Å². The molecule has 0 fully saturated rings. The molecule has 3 aromatic rings. The summed E-state index contributed by atoms with van der Waals surface area (Å²) in [5.41, 5.74) is 1.19. The summed E-state index contributed by atoms with van der Waals surface area (Å²) in [6, 6.07) is 20.8. The van der Waals surface area contributed by atoms with Gasteiger partial charge in [-0.1, -0.05) is 48.5 Å². The SMILES string of the molecule is CS(=O)(=O)O.O.O=C(O)c1ccccc1OCc1ccc2ccccc2c1. The fraction of sp³-hybridized carbons (Fsp3) is 0.105. The number of carboxylic acids is 1. The van der Waals surface area contributed by atoms with Crippen molar-refractivity contribution in [1.82, 2.24) is 0 Å². The van der Waals surface area contributed by atoms with Crippen LogP contribution >= 0.6 is 0 Å². The van der Waals surface area contributed by atoms with E-state index in [0.717, 1.165) is 10.9 Å². The second kappa shape index (κ2) is 9.67. The Bertz CT molecular complexity index is 1010. The molecule has 3 rings (SSSR count). The van der Waals surface area contributed by atoms with E-state index in [0.29, 0.717) is 18.6 Å². The lowest BCUT2D eigenvalue weighted by atomic mass is 10.1. The lowest BCUT2D eigenvalue weighted by Gasteiger charge is -2.09. The molecule has 8 heteroatoms. The Labute approximate surface area is 156 Å². The van der Waals surface area contributed by atoms with Gasteiger partial charge in [0.1, 0.15) is 17.9 Å². The van der Waals surface area contributed by atoms with Gasteiger partial charge in [0.25, 0.3) is 10.1 Å². The third-order valence-electron chi connectivity index (χ3n) is 3.33. The molecule has 0 unspecified atom stereocenters. The Kier molecular flexibility index (Phi) is 7.92. The van der Waals surface area contributed by atoms with Crippen LogP contribution in [-0.4, -0.2) is 35.8 Å². The summed E-state index contributed by atoms with van der Waals surface area (Å²) in [5.74, 6) is -0.595. The first-order valence-electron chi connectivity index (χ1n) is 7.59. The molecule has 144 valence electrons. The summed E-state index contributed by atoms with van der Waals surface area (Å²) in [6.07, 6.45) is 0.715. The predicted molar refractivity (Wildman–Crippen MR) is 103 cm³/mol. The number of rotatable bonds is 4. The number of aromatic carboxylic acids is 1. The highest BCUT2D eigenvalue weighted by Crippen LogP contribution is 2.21. The molecule has 0 amide bonds. The van der Waals surface area contributed by atoms with E-state index in [1.807, 2.05) is 30.3 Å². The van der Waals surface area contributed by atoms with E-state index in [1.165, 1.54) is 11.5 Å². The maximum Gasteiger partial charge on any atom is 0.339 e. The minimum Gasteiger partial charge on any atom is -0.488 e. The van der Waals surface area contributed by atoms with Gasteiger partial charge in [-0.15, -0.1) is 0 Å². The van der Waals surface area contributed by atoms with Gasteiger partial charge in [0.05, 0.1) is 6.26 Å². The van der Waals surface area contributed by atoms with Gasteiger partial charge in [0, 0.05) is 0 Å². The molecular formula is C19H20O7S. The molecule has 0 saturated heterocycles. The number of hydrogen-bond donors (Lipinski definition) is 2. The maximum atomic E-state index is 11.1. The highest BCUT2D eigenvalue weighted by atomic mass is 32.2. The molecule has 0 atom stereocenters. The highest BCUT2D eigenvalue weighted by Gasteiger charge is 2.10. The van der Waals surface area contributed by atoms with Crippen LogP contribution in [-0.2, 0) is 16.7 Å². The van der Waals surface area contributed by atoms with Crippen LogP contribution in [0.1, 0.15) is 15.9 Å². The van der Waals surface area contributed by atoms with Crippen LogP contribution in [0.4, 0.5) is 0 Å². The average molecular weight is 392 g/mol. The smallest absolute Gasteiger partial charge is 0.339 e. The highest BCUT2D eigenvalue weighted by molar-refractivity contribution is 7.85. The molecule has 27 heavy (non-hydrogen) atoms. The van der Waals surface area contributed by atoms with E-state index in [2.05, 4.69) is 12.1 Å². The molecule has 7 nitrogen and oxygen atoms in total. The molecule has 0 spiro atoms. The van der Waals surface area contributed by atoms with Crippen molar-refractivity contribution in [1.29, 1.82) is 0 Å². The summed E-state index contributed by atoms with van der Waals surface area (Å²) in [6.45, 7) is 0.342. The quantitative estimate of drug-likeness (QED) is 0.656. The van der Waals surface area contributed by atoms with Gasteiger partial charge < -0.3 is 15.3 Å². The van der Waals surface area contributed by atoms with Gasteiger partial charge in [0.15, 0.2) is 0 Å². The summed E-state index contributed by atoms with van der Waals surface area (Å²) in [5, 5.41) is 11.4. The summed E-state index contributed by atoms with van der Waals surface area (Å²) in [4.78, 5) is 11.1. The van der Waals surface area contributed by atoms with Gasteiger partial charge in [-0.25, -0.2) is 4.79 Å². The molecule has 0 heterocycles. The van der Waals surface area contributed by atoms with Crippen LogP contribution in [0, 0.1) is 0 Å². The Morgan fingerprint density at radius 3 is 2.15 bits per heavy atom. The van der Waals surface area contributed by atoms with Crippen molar-refractivity contribution in [2.75, 3.05) is 6.26 Å². The monoisotopic (exact) mass is 392 g/mol. The average Bonchev–Trinajstić information content (AvgIpc) is 2.58. The number of benzene rings is 3. The summed E-state index contributed by atoms with van der Waals surface area (Å²) >= 11 is 0. The van der Waals surface area contributed by atoms with Crippen LogP contribution in [0.5, 0.6) is 5.75 Å². The van der Waals surface area contributed by atoms with Crippen molar-refractivity contribution in [3.05, 3.63) is 77.9 Å². The van der Waals surface area contributed by atoms with Gasteiger partial charge in [-0.05, 0) is 34.5 Å². The number of hydrogen-bond acceptors (Lipinski definition) is 4. The van der Waals surface area contributed by atoms with E-state index in [4.69, 9.17) is 14.4 Å². The van der Waals surface area contributed by atoms with E-state index >= 15 is 0 Å². The van der Waals surface area contributed by atoms with Gasteiger partial charge in [-0.2, -0.15) is 8.42 Å². The van der Waals surface area contributed by atoms with Crippen molar-refractivity contribution in [3.8, 4) is 5.75 Å². The topological polar surface area (TPSA) is 132 Å². The minimum absolute atomic E-state index is 0. The molecule has 3 aromatic carbocycles. The fourth-order valence-corrected chi connectivity index (χ4v) is 2.26. The molecule has 0 aliphatic carbocycles. The number of carboxylic acid groups (broad SMARTS) is 1. The zero-order valence-corrected chi connectivity index (χ0v) is 15.3. The Balaban J connectivity index is 0.000000542. The zero-order chi connectivity index (χ0) is 19.2. The first kappa shape index (κ1) is 22.1. The number of para-hydroxylation sites is 1.